The van der Waals surface area contributed by atoms with E-state index in [1.54, 1.807) is 61.5 Å². The molecule has 0 saturated heterocycles. The molecule has 246 valence electrons. The van der Waals surface area contributed by atoms with E-state index in [0.717, 1.165) is 46.7 Å². The maximum Gasteiger partial charge on any atom is 0.264 e. The van der Waals surface area contributed by atoms with Gasteiger partial charge in [0.25, 0.3) is 10.0 Å². The number of amides is 2. The summed E-state index contributed by atoms with van der Waals surface area (Å²) in [5, 5.41) is 4.06. The summed E-state index contributed by atoms with van der Waals surface area (Å²) in [6, 6.07) is 27.1. The molecule has 0 unspecified atom stereocenters. The largest absolute Gasteiger partial charge is 0.352 e. The predicted octanol–water partition coefficient (Wildman–Crippen LogP) is 7.50. The first kappa shape index (κ1) is 34.5. The van der Waals surface area contributed by atoms with Crippen molar-refractivity contribution in [1.82, 2.24) is 10.2 Å². The molecule has 1 saturated carbocycles. The average Bonchev–Trinajstić information content (AvgIpc) is 3.57. The highest BCUT2D eigenvalue weighted by atomic mass is 35.5. The molecule has 4 aromatic rings. The van der Waals surface area contributed by atoms with Gasteiger partial charge >= 0.3 is 0 Å². The van der Waals surface area contributed by atoms with Gasteiger partial charge in [-0.25, -0.2) is 8.42 Å². The van der Waals surface area contributed by atoms with Crippen molar-refractivity contribution in [3.8, 4) is 0 Å². The number of nitrogens with zero attached hydrogens (tertiary/aromatic N) is 2. The van der Waals surface area contributed by atoms with Crippen LogP contribution in [-0.2, 0) is 32.6 Å². The summed E-state index contributed by atoms with van der Waals surface area (Å²) in [6.07, 6.45) is 4.08. The van der Waals surface area contributed by atoms with Crippen LogP contribution < -0.4 is 9.62 Å². The Morgan fingerprint density at radius 2 is 1.47 bits per heavy atom. The molecule has 1 aliphatic rings. The Morgan fingerprint density at radius 1 is 0.830 bits per heavy atom. The molecular formula is C37H39Cl2N3O4S. The molecular weight excluding hydrogens is 653 g/mol. The minimum atomic E-state index is -4.23. The van der Waals surface area contributed by atoms with Crippen LogP contribution in [0.3, 0.4) is 0 Å². The molecule has 0 aliphatic heterocycles. The number of hydrogen-bond acceptors (Lipinski definition) is 4. The molecule has 1 aliphatic carbocycles. The van der Waals surface area contributed by atoms with Crippen molar-refractivity contribution in [2.75, 3.05) is 10.8 Å². The minimum absolute atomic E-state index is 0.0285. The molecule has 0 bridgehead atoms. The van der Waals surface area contributed by atoms with Gasteiger partial charge in [-0.05, 0) is 79.8 Å². The summed E-state index contributed by atoms with van der Waals surface area (Å²) in [6.45, 7) is 3.16. The molecule has 0 aromatic heterocycles. The van der Waals surface area contributed by atoms with Crippen LogP contribution in [0, 0.1) is 13.8 Å². The number of sulfonamides is 1. The first-order valence-corrected chi connectivity index (χ1v) is 17.9. The Balaban J connectivity index is 1.58. The van der Waals surface area contributed by atoms with Crippen molar-refractivity contribution in [3.63, 3.8) is 0 Å². The lowest BCUT2D eigenvalue weighted by molar-refractivity contribution is -0.140. The van der Waals surface area contributed by atoms with Gasteiger partial charge in [-0.2, -0.15) is 0 Å². The van der Waals surface area contributed by atoms with Gasteiger partial charge in [0, 0.05) is 29.1 Å². The van der Waals surface area contributed by atoms with Gasteiger partial charge in [0.2, 0.25) is 11.8 Å². The van der Waals surface area contributed by atoms with Gasteiger partial charge in [0.15, 0.2) is 0 Å². The van der Waals surface area contributed by atoms with Crippen molar-refractivity contribution in [2.45, 2.75) is 69.5 Å². The van der Waals surface area contributed by atoms with Crippen LogP contribution in [0.5, 0.6) is 0 Å². The Kier molecular flexibility index (Phi) is 11.3. The lowest BCUT2D eigenvalue weighted by Crippen LogP contribution is -2.54. The van der Waals surface area contributed by atoms with E-state index in [-0.39, 0.29) is 35.5 Å². The molecule has 1 atom stereocenters. The van der Waals surface area contributed by atoms with Crippen LogP contribution in [0.2, 0.25) is 10.0 Å². The second kappa shape index (κ2) is 15.4. The highest BCUT2D eigenvalue weighted by molar-refractivity contribution is 7.92. The summed E-state index contributed by atoms with van der Waals surface area (Å²) < 4.78 is 29.7. The molecule has 4 aromatic carbocycles. The summed E-state index contributed by atoms with van der Waals surface area (Å²) in [5.74, 6) is -0.799. The number of hydrogen-bond donors (Lipinski definition) is 1. The normalized spacial score (nSPS) is 14.0. The van der Waals surface area contributed by atoms with Crippen molar-refractivity contribution in [1.29, 1.82) is 0 Å². The quantitative estimate of drug-likeness (QED) is 0.167. The van der Waals surface area contributed by atoms with Gasteiger partial charge in [-0.15, -0.1) is 0 Å². The predicted molar refractivity (Wildman–Crippen MR) is 188 cm³/mol. The second-order valence-corrected chi connectivity index (χ2v) is 14.8. The van der Waals surface area contributed by atoms with E-state index in [4.69, 9.17) is 23.2 Å². The Labute approximate surface area is 287 Å². The van der Waals surface area contributed by atoms with Crippen LogP contribution in [0.4, 0.5) is 5.69 Å². The minimum Gasteiger partial charge on any atom is -0.352 e. The standard InChI is InChI=1S/C37H39Cl2N3O4S/c1-26-12-20-33(21-13-26)47(45,46)42(34-23-31(39)17-14-27(34)2)25-36(43)41(24-29-15-18-30(38)19-16-29)35(22-28-8-4-3-5-9-28)37(44)40-32-10-6-7-11-32/h3-5,8-9,12-21,23,32,35H,6-7,10-11,22,24-25H2,1-2H3,(H,40,44)/t35-/m1/s1. The highest BCUT2D eigenvalue weighted by Crippen LogP contribution is 2.30. The molecule has 0 heterocycles. The van der Waals surface area contributed by atoms with E-state index in [0.29, 0.717) is 15.6 Å². The number of benzene rings is 4. The summed E-state index contributed by atoms with van der Waals surface area (Å²) in [7, 11) is -4.23. The Morgan fingerprint density at radius 3 is 2.13 bits per heavy atom. The fourth-order valence-corrected chi connectivity index (χ4v) is 7.67. The SMILES string of the molecule is Cc1ccc(S(=O)(=O)N(CC(=O)N(Cc2ccc(Cl)cc2)[C@H](Cc2ccccc2)C(=O)NC2CCCC2)c2cc(Cl)ccc2C)cc1. The molecule has 0 spiro atoms. The van der Waals surface area contributed by atoms with Gasteiger partial charge < -0.3 is 10.2 Å². The van der Waals surface area contributed by atoms with E-state index in [1.807, 2.05) is 37.3 Å². The molecule has 1 N–H and O–H groups in total. The van der Waals surface area contributed by atoms with Gasteiger partial charge in [-0.3, -0.25) is 13.9 Å². The summed E-state index contributed by atoms with van der Waals surface area (Å²) in [4.78, 5) is 30.3. The summed E-state index contributed by atoms with van der Waals surface area (Å²) in [5.41, 5.74) is 3.44. The van der Waals surface area contributed by atoms with Crippen molar-refractivity contribution in [3.05, 3.63) is 129 Å². The van der Waals surface area contributed by atoms with Crippen molar-refractivity contribution < 1.29 is 18.0 Å². The maximum atomic E-state index is 14.7. The van der Waals surface area contributed by atoms with E-state index < -0.39 is 28.5 Å². The molecule has 1 fully saturated rings. The van der Waals surface area contributed by atoms with E-state index in [1.165, 1.54) is 17.0 Å². The second-order valence-electron chi connectivity index (χ2n) is 12.1. The third-order valence-electron chi connectivity index (χ3n) is 8.57. The van der Waals surface area contributed by atoms with E-state index in [2.05, 4.69) is 5.32 Å². The molecule has 7 nitrogen and oxygen atoms in total. The number of carbonyl (C=O) groups is 2. The maximum absolute atomic E-state index is 14.7. The zero-order valence-electron chi connectivity index (χ0n) is 26.5. The average molecular weight is 693 g/mol. The molecule has 10 heteroatoms. The van der Waals surface area contributed by atoms with Crippen LogP contribution >= 0.6 is 23.2 Å². The zero-order valence-corrected chi connectivity index (χ0v) is 28.9. The Bertz CT molecular complexity index is 1790. The van der Waals surface area contributed by atoms with Crippen LogP contribution in [0.1, 0.15) is 47.9 Å². The van der Waals surface area contributed by atoms with Crippen molar-refractivity contribution >= 4 is 50.7 Å². The zero-order chi connectivity index (χ0) is 33.6. The van der Waals surface area contributed by atoms with Crippen LogP contribution in [-0.4, -0.2) is 43.8 Å². The number of anilines is 1. The van der Waals surface area contributed by atoms with E-state index in [9.17, 15) is 18.0 Å². The molecule has 0 radical (unpaired) electrons. The number of rotatable bonds is 12. The van der Waals surface area contributed by atoms with Crippen molar-refractivity contribution in [2.24, 2.45) is 0 Å². The number of aryl methyl sites for hydroxylation is 2. The number of nitrogens with one attached hydrogen (secondary N) is 1. The van der Waals surface area contributed by atoms with Gasteiger partial charge in [-0.1, -0.05) is 102 Å². The topological polar surface area (TPSA) is 86.8 Å². The third-order valence-corrected chi connectivity index (χ3v) is 10.8. The number of halogens is 2. The fourth-order valence-electron chi connectivity index (χ4n) is 5.91. The first-order chi connectivity index (χ1) is 22.5. The van der Waals surface area contributed by atoms with E-state index >= 15 is 0 Å². The fraction of sp³-hybridized carbons (Fsp3) is 0.297. The van der Waals surface area contributed by atoms with Crippen LogP contribution in [0.15, 0.2) is 102 Å². The summed E-state index contributed by atoms with van der Waals surface area (Å²) >= 11 is 12.6. The lowest BCUT2D eigenvalue weighted by atomic mass is 10.0. The number of carbonyl (C=O) groups excluding carboxylic acids is 2. The van der Waals surface area contributed by atoms with Gasteiger partial charge in [0.1, 0.15) is 12.6 Å². The van der Waals surface area contributed by atoms with Gasteiger partial charge in [0.05, 0.1) is 10.6 Å². The monoisotopic (exact) mass is 691 g/mol. The molecule has 5 rings (SSSR count). The third kappa shape index (κ3) is 8.74. The molecule has 2 amide bonds. The first-order valence-electron chi connectivity index (χ1n) is 15.7. The molecule has 47 heavy (non-hydrogen) atoms. The smallest absolute Gasteiger partial charge is 0.264 e. The lowest BCUT2D eigenvalue weighted by Gasteiger charge is -2.34. The Hall–Kier alpha value is -3.85. The van der Waals surface area contributed by atoms with Crippen LogP contribution in [0.25, 0.3) is 0 Å². The highest BCUT2D eigenvalue weighted by Gasteiger charge is 2.36.